The summed E-state index contributed by atoms with van der Waals surface area (Å²) < 4.78 is 26.8. The lowest BCUT2D eigenvalue weighted by Crippen LogP contribution is -2.55. The molecule has 0 unspecified atom stereocenters. The smallest absolute Gasteiger partial charge is 0.251 e. The van der Waals surface area contributed by atoms with E-state index in [4.69, 9.17) is 0 Å². The van der Waals surface area contributed by atoms with Gasteiger partial charge in [0, 0.05) is 24.2 Å². The maximum absolute atomic E-state index is 12.8. The third-order valence-corrected chi connectivity index (χ3v) is 7.07. The van der Waals surface area contributed by atoms with Crippen molar-refractivity contribution in [1.29, 1.82) is 0 Å². The van der Waals surface area contributed by atoms with Crippen molar-refractivity contribution in [2.75, 3.05) is 13.1 Å². The molecule has 8 heteroatoms. The predicted octanol–water partition coefficient (Wildman–Crippen LogP) is 2.78. The van der Waals surface area contributed by atoms with Gasteiger partial charge in [0.25, 0.3) is 5.91 Å². The Balaban J connectivity index is 3.10. The second-order valence-corrected chi connectivity index (χ2v) is 9.98. The van der Waals surface area contributed by atoms with Crippen LogP contribution in [0.15, 0.2) is 29.2 Å². The monoisotopic (exact) mass is 425 g/mol. The van der Waals surface area contributed by atoms with Crippen LogP contribution < -0.4 is 10.6 Å². The number of carbonyl (C=O) groups is 2. The van der Waals surface area contributed by atoms with Gasteiger partial charge in [-0.25, -0.2) is 8.42 Å². The van der Waals surface area contributed by atoms with Crippen LogP contribution in [0.3, 0.4) is 0 Å². The molecule has 0 aromatic heterocycles. The molecular weight excluding hydrogens is 390 g/mol. The number of hydrogen-bond acceptors (Lipinski definition) is 4. The van der Waals surface area contributed by atoms with E-state index >= 15 is 0 Å². The van der Waals surface area contributed by atoms with E-state index in [1.807, 2.05) is 34.6 Å². The molecule has 0 radical (unpaired) electrons. The summed E-state index contributed by atoms with van der Waals surface area (Å²) in [4.78, 5) is 25.5. The summed E-state index contributed by atoms with van der Waals surface area (Å²) in [7, 11) is -3.67. The van der Waals surface area contributed by atoms with Crippen LogP contribution in [0.5, 0.6) is 0 Å². The van der Waals surface area contributed by atoms with E-state index < -0.39 is 22.0 Å². The van der Waals surface area contributed by atoms with Crippen molar-refractivity contribution < 1.29 is 18.0 Å². The summed E-state index contributed by atoms with van der Waals surface area (Å²) in [6.45, 7) is 13.7. The van der Waals surface area contributed by atoms with Gasteiger partial charge in [-0.05, 0) is 44.4 Å². The highest BCUT2D eigenvalue weighted by molar-refractivity contribution is 7.89. The number of benzene rings is 1. The van der Waals surface area contributed by atoms with Crippen LogP contribution in [0, 0.1) is 5.92 Å². The minimum absolute atomic E-state index is 0.0616. The first-order valence-electron chi connectivity index (χ1n) is 10.1. The molecule has 0 aliphatic rings. The van der Waals surface area contributed by atoms with E-state index in [1.165, 1.54) is 22.5 Å². The summed E-state index contributed by atoms with van der Waals surface area (Å²) in [5, 5.41) is 5.71. The Morgan fingerprint density at radius 3 is 2.17 bits per heavy atom. The van der Waals surface area contributed by atoms with Crippen LogP contribution in [-0.2, 0) is 14.8 Å². The first-order chi connectivity index (χ1) is 13.4. The molecular formula is C21H35N3O4S. The molecule has 0 aliphatic heterocycles. The van der Waals surface area contributed by atoms with Crippen LogP contribution in [0.25, 0.3) is 0 Å². The molecule has 29 heavy (non-hydrogen) atoms. The first kappa shape index (κ1) is 25.1. The highest BCUT2D eigenvalue weighted by Gasteiger charge is 2.29. The van der Waals surface area contributed by atoms with Crippen molar-refractivity contribution in [1.82, 2.24) is 14.9 Å². The molecule has 0 spiro atoms. The van der Waals surface area contributed by atoms with Gasteiger partial charge in [-0.1, -0.05) is 40.7 Å². The molecule has 0 saturated carbocycles. The van der Waals surface area contributed by atoms with Crippen LogP contribution in [0.4, 0.5) is 0 Å². The molecule has 7 nitrogen and oxygen atoms in total. The number of carbonyl (C=O) groups excluding carboxylic acids is 2. The zero-order valence-corrected chi connectivity index (χ0v) is 19.4. The van der Waals surface area contributed by atoms with Crippen molar-refractivity contribution in [3.63, 3.8) is 0 Å². The standard InChI is InChI=1S/C21H35N3O4S/c1-8-21(6,7)23-20(26)18(15(4)5)22-19(25)16-12-11-13-17(14-16)29(27,28)24(9-2)10-3/h11-15,18H,8-10H2,1-7H3,(H,22,25)(H,23,26)/t18-/m1/s1. The van der Waals surface area contributed by atoms with Crippen LogP contribution >= 0.6 is 0 Å². The number of nitrogens with zero attached hydrogens (tertiary/aromatic N) is 1. The first-order valence-corrected chi connectivity index (χ1v) is 11.6. The molecule has 0 heterocycles. The van der Waals surface area contributed by atoms with Gasteiger partial charge in [0.2, 0.25) is 15.9 Å². The Hall–Kier alpha value is -1.93. The number of nitrogens with one attached hydrogen (secondary N) is 2. The van der Waals surface area contributed by atoms with Crippen molar-refractivity contribution in [2.24, 2.45) is 5.92 Å². The number of amides is 2. The zero-order valence-electron chi connectivity index (χ0n) is 18.6. The summed E-state index contributed by atoms with van der Waals surface area (Å²) in [6.07, 6.45) is 0.753. The van der Waals surface area contributed by atoms with Gasteiger partial charge in [0.05, 0.1) is 4.90 Å². The number of sulfonamides is 1. The molecule has 164 valence electrons. The second kappa shape index (κ2) is 10.2. The highest BCUT2D eigenvalue weighted by Crippen LogP contribution is 2.17. The Morgan fingerprint density at radius 1 is 1.10 bits per heavy atom. The molecule has 0 aliphatic carbocycles. The quantitative estimate of drug-likeness (QED) is 0.602. The van der Waals surface area contributed by atoms with Crippen LogP contribution in [0.2, 0.25) is 0 Å². The predicted molar refractivity (Wildman–Crippen MR) is 115 cm³/mol. The van der Waals surface area contributed by atoms with Gasteiger partial charge in [-0.2, -0.15) is 4.31 Å². The topological polar surface area (TPSA) is 95.6 Å². The lowest BCUT2D eigenvalue weighted by Gasteiger charge is -2.29. The number of rotatable bonds is 10. The van der Waals surface area contributed by atoms with Gasteiger partial charge < -0.3 is 10.6 Å². The third kappa shape index (κ3) is 6.54. The fraction of sp³-hybridized carbons (Fsp3) is 0.619. The number of hydrogen-bond donors (Lipinski definition) is 2. The molecule has 1 rings (SSSR count). The average Bonchev–Trinajstić information content (AvgIpc) is 2.66. The van der Waals surface area contributed by atoms with E-state index in [0.717, 1.165) is 6.42 Å². The Labute approximate surface area is 175 Å². The van der Waals surface area contributed by atoms with Gasteiger partial charge in [0.1, 0.15) is 6.04 Å². The van der Waals surface area contributed by atoms with Crippen molar-refractivity contribution >= 4 is 21.8 Å². The maximum atomic E-state index is 12.8. The van der Waals surface area contributed by atoms with E-state index in [1.54, 1.807) is 19.9 Å². The minimum atomic E-state index is -3.67. The Kier molecular flexibility index (Phi) is 8.84. The molecule has 1 aromatic rings. The lowest BCUT2D eigenvalue weighted by molar-refractivity contribution is -0.125. The fourth-order valence-corrected chi connectivity index (χ4v) is 4.27. The average molecular weight is 426 g/mol. The fourth-order valence-electron chi connectivity index (χ4n) is 2.77. The SMILES string of the molecule is CCN(CC)S(=O)(=O)c1cccc(C(=O)N[C@@H](C(=O)NC(C)(C)CC)C(C)C)c1. The van der Waals surface area contributed by atoms with Crippen molar-refractivity contribution in [3.8, 4) is 0 Å². The third-order valence-electron chi connectivity index (χ3n) is 5.02. The highest BCUT2D eigenvalue weighted by atomic mass is 32.2. The zero-order chi connectivity index (χ0) is 22.4. The largest absolute Gasteiger partial charge is 0.349 e. The van der Waals surface area contributed by atoms with Crippen LogP contribution in [-0.4, -0.2) is 49.2 Å². The molecule has 0 fully saturated rings. The van der Waals surface area contributed by atoms with E-state index in [-0.39, 0.29) is 27.8 Å². The Morgan fingerprint density at radius 2 is 1.69 bits per heavy atom. The molecule has 0 saturated heterocycles. The summed E-state index contributed by atoms with van der Waals surface area (Å²) in [6, 6.07) is 5.18. The van der Waals surface area contributed by atoms with Crippen LogP contribution in [0.1, 0.15) is 65.2 Å². The van der Waals surface area contributed by atoms with Gasteiger partial charge in [0.15, 0.2) is 0 Å². The van der Waals surface area contributed by atoms with Crippen molar-refractivity contribution in [3.05, 3.63) is 29.8 Å². The molecule has 1 atom stereocenters. The molecule has 1 aromatic carbocycles. The summed E-state index contributed by atoms with van der Waals surface area (Å²) >= 11 is 0. The molecule has 2 amide bonds. The normalized spacial score (nSPS) is 13.4. The van der Waals surface area contributed by atoms with Gasteiger partial charge in [-0.15, -0.1) is 0 Å². The summed E-state index contributed by atoms with van der Waals surface area (Å²) in [5.74, 6) is -0.869. The van der Waals surface area contributed by atoms with Gasteiger partial charge >= 0.3 is 0 Å². The van der Waals surface area contributed by atoms with E-state index in [0.29, 0.717) is 13.1 Å². The van der Waals surface area contributed by atoms with Crippen molar-refractivity contribution in [2.45, 2.75) is 71.4 Å². The molecule has 0 bridgehead atoms. The van der Waals surface area contributed by atoms with E-state index in [9.17, 15) is 18.0 Å². The molecule has 2 N–H and O–H groups in total. The lowest BCUT2D eigenvalue weighted by atomic mass is 9.98. The Bertz CT molecular complexity index is 815. The second-order valence-electron chi connectivity index (χ2n) is 8.04. The van der Waals surface area contributed by atoms with Gasteiger partial charge in [-0.3, -0.25) is 9.59 Å². The maximum Gasteiger partial charge on any atom is 0.251 e. The van der Waals surface area contributed by atoms with E-state index in [2.05, 4.69) is 10.6 Å². The minimum Gasteiger partial charge on any atom is -0.349 e. The summed E-state index contributed by atoms with van der Waals surface area (Å²) in [5.41, 5.74) is -0.182.